The smallest absolute Gasteiger partial charge is 0.205 e. The summed E-state index contributed by atoms with van der Waals surface area (Å²) in [4.78, 5) is 15.1. The maximum absolute atomic E-state index is 12.8. The molecule has 8 heteroatoms. The molecular formula is C28H30BrNO6. The lowest BCUT2D eigenvalue weighted by atomic mass is 9.92. The van der Waals surface area contributed by atoms with Crippen LogP contribution in [0.3, 0.4) is 0 Å². The number of morpholine rings is 1. The Kier molecular flexibility index (Phi) is 7.37. The molecular weight excluding hydrogens is 526 g/mol. The normalized spacial score (nSPS) is 17.5. The predicted molar refractivity (Wildman–Crippen MR) is 140 cm³/mol. The number of hydrogen-bond donors (Lipinski definition) is 0. The SMILES string of the molecule is COc1cc(-c2ccc(C(C=O)(OCC3CC3)c3ccc(N4CCOCC4)cc3)o2)cc(OC)c1Br. The van der Waals surface area contributed by atoms with Crippen LogP contribution < -0.4 is 14.4 Å². The van der Waals surface area contributed by atoms with Gasteiger partial charge in [0.25, 0.3) is 0 Å². The summed E-state index contributed by atoms with van der Waals surface area (Å²) >= 11 is 3.50. The summed E-state index contributed by atoms with van der Waals surface area (Å²) in [6.07, 6.45) is 3.09. The predicted octanol–water partition coefficient (Wildman–Crippen LogP) is 5.43. The Hall–Kier alpha value is -2.81. The fraction of sp³-hybridized carbons (Fsp3) is 0.393. The van der Waals surface area contributed by atoms with E-state index in [4.69, 9.17) is 23.4 Å². The Balaban J connectivity index is 1.51. The summed E-state index contributed by atoms with van der Waals surface area (Å²) in [6.45, 7) is 3.62. The number of hydrogen-bond acceptors (Lipinski definition) is 7. The molecule has 5 rings (SSSR count). The average molecular weight is 556 g/mol. The van der Waals surface area contributed by atoms with Gasteiger partial charge in [-0.05, 0) is 76.7 Å². The van der Waals surface area contributed by atoms with E-state index in [-0.39, 0.29) is 0 Å². The lowest BCUT2D eigenvalue weighted by Crippen LogP contribution is -2.36. The molecule has 1 saturated heterocycles. The maximum atomic E-state index is 12.8. The van der Waals surface area contributed by atoms with E-state index in [0.717, 1.165) is 53.5 Å². The van der Waals surface area contributed by atoms with Gasteiger partial charge in [0.15, 0.2) is 6.29 Å². The maximum Gasteiger partial charge on any atom is 0.205 e. The fourth-order valence-electron chi connectivity index (χ4n) is 4.44. The molecule has 1 unspecified atom stereocenters. The summed E-state index contributed by atoms with van der Waals surface area (Å²) < 4.78 is 29.8. The summed E-state index contributed by atoms with van der Waals surface area (Å²) in [5.74, 6) is 2.74. The Morgan fingerprint density at radius 2 is 1.69 bits per heavy atom. The number of furan rings is 1. The molecule has 2 aromatic carbocycles. The van der Waals surface area contributed by atoms with Crippen LogP contribution in [0.15, 0.2) is 57.4 Å². The zero-order valence-electron chi connectivity index (χ0n) is 20.5. The van der Waals surface area contributed by atoms with E-state index in [2.05, 4.69) is 20.8 Å². The van der Waals surface area contributed by atoms with Crippen LogP contribution in [0.1, 0.15) is 24.2 Å². The third kappa shape index (κ3) is 4.90. The number of ether oxygens (including phenoxy) is 4. The largest absolute Gasteiger partial charge is 0.495 e. The molecule has 0 amide bonds. The number of rotatable bonds is 10. The first-order valence-electron chi connectivity index (χ1n) is 12.1. The van der Waals surface area contributed by atoms with E-state index in [1.807, 2.05) is 48.5 Å². The second-order valence-corrected chi connectivity index (χ2v) is 9.91. The molecule has 7 nitrogen and oxygen atoms in total. The van der Waals surface area contributed by atoms with Crippen LogP contribution in [0.25, 0.3) is 11.3 Å². The minimum absolute atomic E-state index is 0.438. The number of benzene rings is 2. The van der Waals surface area contributed by atoms with Gasteiger partial charge in [-0.1, -0.05) is 12.1 Å². The third-order valence-electron chi connectivity index (χ3n) is 6.78. The van der Waals surface area contributed by atoms with Gasteiger partial charge in [-0.3, -0.25) is 4.79 Å². The quantitative estimate of drug-likeness (QED) is 0.309. The number of anilines is 1. The van der Waals surface area contributed by atoms with Crippen LogP contribution in [-0.4, -0.2) is 53.4 Å². The van der Waals surface area contributed by atoms with Crippen LogP contribution in [0.4, 0.5) is 5.69 Å². The van der Waals surface area contributed by atoms with Crippen molar-refractivity contribution in [1.29, 1.82) is 0 Å². The Bertz CT molecular complexity index is 1170. The van der Waals surface area contributed by atoms with Gasteiger partial charge >= 0.3 is 0 Å². The van der Waals surface area contributed by atoms with Crippen molar-refractivity contribution in [3.8, 4) is 22.8 Å². The van der Waals surface area contributed by atoms with E-state index in [1.165, 1.54) is 0 Å². The fourth-order valence-corrected chi connectivity index (χ4v) is 4.99. The number of methoxy groups -OCH3 is 2. The monoisotopic (exact) mass is 555 g/mol. The van der Waals surface area contributed by atoms with Gasteiger partial charge in [0, 0.05) is 24.3 Å². The van der Waals surface area contributed by atoms with Crippen molar-refractivity contribution >= 4 is 27.9 Å². The molecule has 1 aromatic heterocycles. The van der Waals surface area contributed by atoms with Crippen LogP contribution >= 0.6 is 15.9 Å². The molecule has 1 aliphatic heterocycles. The van der Waals surface area contributed by atoms with Crippen molar-refractivity contribution in [1.82, 2.24) is 0 Å². The Morgan fingerprint density at radius 1 is 1.03 bits per heavy atom. The van der Waals surface area contributed by atoms with Crippen LogP contribution in [-0.2, 0) is 19.9 Å². The van der Waals surface area contributed by atoms with Crippen molar-refractivity contribution in [3.05, 3.63) is 64.3 Å². The number of nitrogens with zero attached hydrogens (tertiary/aromatic N) is 1. The van der Waals surface area contributed by atoms with Crippen LogP contribution in [0.2, 0.25) is 0 Å². The molecule has 36 heavy (non-hydrogen) atoms. The highest BCUT2D eigenvalue weighted by Crippen LogP contribution is 2.42. The van der Waals surface area contributed by atoms with Gasteiger partial charge in [-0.2, -0.15) is 0 Å². The molecule has 2 fully saturated rings. The standard InChI is InChI=1S/C28H30BrNO6/c1-32-24-15-20(16-25(33-2)27(24)29)23-9-10-26(36-23)28(18-31,35-17-19-3-4-19)21-5-7-22(8-6-21)30-11-13-34-14-12-30/h5-10,15-16,18-19H,3-4,11-14,17H2,1-2H3. The van der Waals surface area contributed by atoms with Gasteiger partial charge < -0.3 is 28.3 Å². The van der Waals surface area contributed by atoms with Crippen molar-refractivity contribution in [2.45, 2.75) is 18.4 Å². The van der Waals surface area contributed by atoms with Crippen LogP contribution in [0.5, 0.6) is 11.5 Å². The first kappa shape index (κ1) is 24.9. The highest BCUT2D eigenvalue weighted by atomic mass is 79.9. The summed E-state index contributed by atoms with van der Waals surface area (Å²) in [6, 6.07) is 15.4. The molecule has 0 spiro atoms. The number of halogens is 1. The van der Waals surface area contributed by atoms with Crippen molar-refractivity contribution in [2.75, 3.05) is 52.0 Å². The van der Waals surface area contributed by atoms with Crippen molar-refractivity contribution < 1.29 is 28.2 Å². The zero-order chi connectivity index (χ0) is 25.1. The molecule has 2 heterocycles. The highest BCUT2D eigenvalue weighted by molar-refractivity contribution is 9.10. The van der Waals surface area contributed by atoms with Gasteiger partial charge in [0.05, 0.1) is 34.0 Å². The molecule has 3 aromatic rings. The highest BCUT2D eigenvalue weighted by Gasteiger charge is 2.41. The molecule has 190 valence electrons. The van der Waals surface area contributed by atoms with E-state index in [9.17, 15) is 4.79 Å². The van der Waals surface area contributed by atoms with Gasteiger partial charge in [0.2, 0.25) is 5.60 Å². The van der Waals surface area contributed by atoms with Crippen LogP contribution in [0, 0.1) is 5.92 Å². The van der Waals surface area contributed by atoms with E-state index >= 15 is 0 Å². The average Bonchev–Trinajstić information content (AvgIpc) is 3.64. The van der Waals surface area contributed by atoms with E-state index in [0.29, 0.717) is 48.8 Å². The Labute approximate surface area is 219 Å². The second kappa shape index (κ2) is 10.7. The molecule has 0 N–H and O–H groups in total. The first-order valence-corrected chi connectivity index (χ1v) is 12.9. The number of aldehydes is 1. The van der Waals surface area contributed by atoms with Crippen molar-refractivity contribution in [3.63, 3.8) is 0 Å². The summed E-state index contributed by atoms with van der Waals surface area (Å²) in [5.41, 5.74) is 1.26. The minimum atomic E-state index is -1.34. The van der Waals surface area contributed by atoms with Gasteiger partial charge in [-0.15, -0.1) is 0 Å². The summed E-state index contributed by atoms with van der Waals surface area (Å²) in [5, 5.41) is 0. The van der Waals surface area contributed by atoms with Gasteiger partial charge in [0.1, 0.15) is 27.5 Å². The molecule has 1 atom stereocenters. The van der Waals surface area contributed by atoms with Gasteiger partial charge in [-0.25, -0.2) is 0 Å². The zero-order valence-corrected chi connectivity index (χ0v) is 22.1. The minimum Gasteiger partial charge on any atom is -0.495 e. The first-order chi connectivity index (χ1) is 17.6. The van der Waals surface area contributed by atoms with Crippen molar-refractivity contribution in [2.24, 2.45) is 5.92 Å². The molecule has 2 aliphatic rings. The number of carbonyl (C=O) groups excluding carboxylic acids is 1. The lowest BCUT2D eigenvalue weighted by molar-refractivity contribution is -0.129. The van der Waals surface area contributed by atoms with E-state index in [1.54, 1.807) is 14.2 Å². The number of carbonyl (C=O) groups is 1. The third-order valence-corrected chi connectivity index (χ3v) is 7.57. The van der Waals surface area contributed by atoms with E-state index < -0.39 is 5.60 Å². The molecule has 0 bridgehead atoms. The molecule has 0 radical (unpaired) electrons. The molecule has 1 saturated carbocycles. The second-order valence-electron chi connectivity index (χ2n) is 9.11. The lowest BCUT2D eigenvalue weighted by Gasteiger charge is -2.30. The molecule has 1 aliphatic carbocycles. The summed E-state index contributed by atoms with van der Waals surface area (Å²) in [7, 11) is 3.20. The topological polar surface area (TPSA) is 70.4 Å². The Morgan fingerprint density at radius 3 is 2.28 bits per heavy atom.